The molecule has 102 valence electrons. The Balaban J connectivity index is 0.00000180. The molecule has 0 fully saturated rings. The lowest BCUT2D eigenvalue weighted by Crippen LogP contribution is -2.09. The molecule has 0 atom stereocenters. The fourth-order valence-electron chi connectivity index (χ4n) is 1.84. The molecule has 0 N–H and O–H groups in total. The van der Waals surface area contributed by atoms with Gasteiger partial charge in [0.1, 0.15) is 0 Å². The number of rotatable bonds is 2. The van der Waals surface area contributed by atoms with Gasteiger partial charge in [0.15, 0.2) is 0 Å². The quantitative estimate of drug-likeness (QED) is 0.762. The van der Waals surface area contributed by atoms with E-state index in [9.17, 15) is 0 Å². The molecule has 0 amide bonds. The molecular weight excluding hydrogens is 279 g/mol. The van der Waals surface area contributed by atoms with E-state index in [1.807, 2.05) is 29.0 Å². The van der Waals surface area contributed by atoms with Crippen molar-refractivity contribution >= 4 is 35.8 Å². The van der Waals surface area contributed by atoms with Crippen molar-refractivity contribution in [3.8, 4) is 0 Å². The number of allylic oxidation sites excluding steroid dienone is 1. The number of aromatic nitrogens is 2. The van der Waals surface area contributed by atoms with E-state index in [1.165, 1.54) is 5.57 Å². The standard InChI is InChI=1S/C15H17ClN2.ClH/c1-15(2,3)13(10-18-9-8-17-11-18)12-6-4-5-7-14(12)16;/h4-11H,1-3H3;1H. The summed E-state index contributed by atoms with van der Waals surface area (Å²) in [5, 5.41) is 0.777. The second kappa shape index (κ2) is 6.27. The van der Waals surface area contributed by atoms with Gasteiger partial charge in [-0.25, -0.2) is 4.98 Å². The third-order valence-electron chi connectivity index (χ3n) is 2.78. The zero-order valence-electron chi connectivity index (χ0n) is 11.3. The summed E-state index contributed by atoms with van der Waals surface area (Å²) in [5.41, 5.74) is 2.27. The van der Waals surface area contributed by atoms with Crippen molar-refractivity contribution in [3.05, 3.63) is 53.6 Å². The van der Waals surface area contributed by atoms with Crippen LogP contribution in [0.4, 0.5) is 0 Å². The number of hydrogen-bond donors (Lipinski definition) is 0. The smallest absolute Gasteiger partial charge is 0.0986 e. The van der Waals surface area contributed by atoms with Gasteiger partial charge in [0.05, 0.1) is 6.33 Å². The molecule has 0 saturated heterocycles. The Bertz CT molecular complexity index is 552. The third kappa shape index (κ3) is 3.85. The number of halogens is 2. The highest BCUT2D eigenvalue weighted by Gasteiger charge is 2.20. The van der Waals surface area contributed by atoms with E-state index < -0.39 is 0 Å². The summed E-state index contributed by atoms with van der Waals surface area (Å²) in [6.07, 6.45) is 7.54. The van der Waals surface area contributed by atoms with Crippen LogP contribution in [0.3, 0.4) is 0 Å². The van der Waals surface area contributed by atoms with E-state index in [0.29, 0.717) is 0 Å². The van der Waals surface area contributed by atoms with E-state index in [-0.39, 0.29) is 17.8 Å². The maximum Gasteiger partial charge on any atom is 0.0986 e. The zero-order chi connectivity index (χ0) is 13.2. The van der Waals surface area contributed by atoms with Gasteiger partial charge in [-0.3, -0.25) is 0 Å². The molecule has 0 aliphatic rings. The van der Waals surface area contributed by atoms with Gasteiger partial charge < -0.3 is 4.57 Å². The minimum Gasteiger partial charge on any atom is -0.313 e. The maximum absolute atomic E-state index is 6.30. The summed E-state index contributed by atoms with van der Waals surface area (Å²) in [5.74, 6) is 0. The van der Waals surface area contributed by atoms with Crippen molar-refractivity contribution < 1.29 is 0 Å². The highest BCUT2D eigenvalue weighted by molar-refractivity contribution is 6.32. The Hall–Kier alpha value is -1.25. The van der Waals surface area contributed by atoms with E-state index in [2.05, 4.69) is 38.0 Å². The first kappa shape index (κ1) is 15.8. The molecule has 0 saturated carbocycles. The van der Waals surface area contributed by atoms with E-state index >= 15 is 0 Å². The van der Waals surface area contributed by atoms with Crippen molar-refractivity contribution in [2.45, 2.75) is 20.8 Å². The Kier molecular flexibility index (Phi) is 5.21. The minimum absolute atomic E-state index is 0. The molecule has 0 spiro atoms. The van der Waals surface area contributed by atoms with Crippen LogP contribution in [0.2, 0.25) is 5.02 Å². The normalized spacial score (nSPS) is 12.1. The Morgan fingerprint density at radius 3 is 2.47 bits per heavy atom. The lowest BCUT2D eigenvalue weighted by molar-refractivity contribution is 0.568. The maximum atomic E-state index is 6.30. The number of imidazole rings is 1. The molecule has 0 unspecified atom stereocenters. The van der Waals surface area contributed by atoms with Gasteiger partial charge >= 0.3 is 0 Å². The van der Waals surface area contributed by atoms with Crippen LogP contribution < -0.4 is 0 Å². The van der Waals surface area contributed by atoms with Crippen LogP contribution in [0.1, 0.15) is 26.3 Å². The topological polar surface area (TPSA) is 17.8 Å². The first-order chi connectivity index (χ1) is 8.48. The molecule has 2 rings (SSSR count). The second-order valence-corrected chi connectivity index (χ2v) is 5.69. The molecule has 0 aliphatic carbocycles. The molecule has 2 aromatic rings. The SMILES string of the molecule is CC(C)(C)C(=Cn1ccnc1)c1ccccc1Cl.Cl. The van der Waals surface area contributed by atoms with E-state index in [4.69, 9.17) is 11.6 Å². The number of nitrogens with zero attached hydrogens (tertiary/aromatic N) is 2. The van der Waals surface area contributed by atoms with Crippen LogP contribution >= 0.6 is 24.0 Å². The average molecular weight is 297 g/mol. The monoisotopic (exact) mass is 296 g/mol. The van der Waals surface area contributed by atoms with Crippen molar-refractivity contribution in [3.63, 3.8) is 0 Å². The molecule has 4 heteroatoms. The molecular formula is C15H18Cl2N2. The van der Waals surface area contributed by atoms with Gasteiger partial charge in [-0.2, -0.15) is 0 Å². The zero-order valence-corrected chi connectivity index (χ0v) is 12.9. The Labute approximate surface area is 125 Å². The van der Waals surface area contributed by atoms with Gasteiger partial charge in [0, 0.05) is 23.6 Å². The van der Waals surface area contributed by atoms with Gasteiger partial charge in [-0.15, -0.1) is 12.4 Å². The first-order valence-corrected chi connectivity index (χ1v) is 6.31. The van der Waals surface area contributed by atoms with Gasteiger partial charge in [-0.05, 0) is 22.6 Å². The van der Waals surface area contributed by atoms with Gasteiger partial charge in [0.25, 0.3) is 0 Å². The highest BCUT2D eigenvalue weighted by atomic mass is 35.5. The van der Waals surface area contributed by atoms with Crippen molar-refractivity contribution in [1.82, 2.24) is 9.55 Å². The Morgan fingerprint density at radius 2 is 1.95 bits per heavy atom. The molecule has 2 nitrogen and oxygen atoms in total. The molecule has 0 radical (unpaired) electrons. The van der Waals surface area contributed by atoms with Crippen LogP contribution in [0.5, 0.6) is 0 Å². The van der Waals surface area contributed by atoms with Crippen LogP contribution in [-0.2, 0) is 0 Å². The fourth-order valence-corrected chi connectivity index (χ4v) is 2.08. The summed E-state index contributed by atoms with van der Waals surface area (Å²) >= 11 is 6.30. The van der Waals surface area contributed by atoms with Crippen molar-refractivity contribution in [1.29, 1.82) is 0 Å². The van der Waals surface area contributed by atoms with Crippen molar-refractivity contribution in [2.24, 2.45) is 5.41 Å². The molecule has 0 aliphatic heterocycles. The van der Waals surface area contributed by atoms with E-state index in [1.54, 1.807) is 12.5 Å². The van der Waals surface area contributed by atoms with Crippen LogP contribution in [0.25, 0.3) is 11.8 Å². The van der Waals surface area contributed by atoms with Crippen LogP contribution in [0.15, 0.2) is 43.0 Å². The van der Waals surface area contributed by atoms with Gasteiger partial charge in [0.2, 0.25) is 0 Å². The number of benzene rings is 1. The number of hydrogen-bond acceptors (Lipinski definition) is 1. The van der Waals surface area contributed by atoms with E-state index in [0.717, 1.165) is 10.6 Å². The van der Waals surface area contributed by atoms with Crippen LogP contribution in [0, 0.1) is 5.41 Å². The Morgan fingerprint density at radius 1 is 1.26 bits per heavy atom. The summed E-state index contributed by atoms with van der Waals surface area (Å²) in [6.45, 7) is 6.54. The summed E-state index contributed by atoms with van der Waals surface area (Å²) in [6, 6.07) is 7.93. The predicted molar refractivity (Wildman–Crippen MR) is 84.5 cm³/mol. The summed E-state index contributed by atoms with van der Waals surface area (Å²) in [4.78, 5) is 4.06. The third-order valence-corrected chi connectivity index (χ3v) is 3.10. The molecule has 1 aromatic carbocycles. The molecule has 1 heterocycles. The van der Waals surface area contributed by atoms with Crippen LogP contribution in [-0.4, -0.2) is 9.55 Å². The fraction of sp³-hybridized carbons (Fsp3) is 0.267. The van der Waals surface area contributed by atoms with Gasteiger partial charge in [-0.1, -0.05) is 50.6 Å². The average Bonchev–Trinajstić information content (AvgIpc) is 2.78. The minimum atomic E-state index is 0. The lowest BCUT2D eigenvalue weighted by atomic mass is 9.82. The summed E-state index contributed by atoms with van der Waals surface area (Å²) < 4.78 is 1.95. The highest BCUT2D eigenvalue weighted by Crippen LogP contribution is 2.37. The molecule has 0 bridgehead atoms. The van der Waals surface area contributed by atoms with Crippen molar-refractivity contribution in [2.75, 3.05) is 0 Å². The molecule has 1 aromatic heterocycles. The second-order valence-electron chi connectivity index (χ2n) is 5.28. The summed E-state index contributed by atoms with van der Waals surface area (Å²) in [7, 11) is 0. The predicted octanol–water partition coefficient (Wildman–Crippen LogP) is 5.00. The first-order valence-electron chi connectivity index (χ1n) is 5.93. The largest absolute Gasteiger partial charge is 0.313 e. The molecule has 19 heavy (non-hydrogen) atoms. The lowest BCUT2D eigenvalue weighted by Gasteiger charge is -2.24.